The number of ether oxygens (including phenoxy) is 2. The number of Topliss-reactive ketones (excluding diaryl/α,β-unsaturated/α-hetero) is 1. The van der Waals surface area contributed by atoms with Crippen LogP contribution in [0.1, 0.15) is 31.8 Å². The smallest absolute Gasteiger partial charge is 0.343 e. The Kier molecular flexibility index (Phi) is 4.85. The minimum absolute atomic E-state index is 0.0418. The molecule has 4 rings (SSSR count). The fraction of sp³-hybridized carbons (Fsp3) is 0.0435. The van der Waals surface area contributed by atoms with Gasteiger partial charge < -0.3 is 9.47 Å². The fourth-order valence-corrected chi connectivity index (χ4v) is 3.16. The van der Waals surface area contributed by atoms with Crippen LogP contribution in [0.15, 0.2) is 72.5 Å². The molecular weight excluding hydrogens is 386 g/mol. The number of ketones is 1. The monoisotopic (exact) mass is 401 g/mol. The van der Waals surface area contributed by atoms with Gasteiger partial charge in [-0.05, 0) is 42.3 Å². The van der Waals surface area contributed by atoms with Crippen molar-refractivity contribution in [2.45, 2.75) is 6.92 Å². The first-order valence-electron chi connectivity index (χ1n) is 9.03. The molecule has 0 bridgehead atoms. The Morgan fingerprint density at radius 3 is 2.57 bits per heavy atom. The summed E-state index contributed by atoms with van der Waals surface area (Å²) in [7, 11) is 0. The van der Waals surface area contributed by atoms with E-state index >= 15 is 0 Å². The lowest BCUT2D eigenvalue weighted by Crippen LogP contribution is -2.08. The Hall–Kier alpha value is -4.26. The predicted octanol–water partition coefficient (Wildman–Crippen LogP) is 4.74. The number of fused-ring (bicyclic) bond motifs is 1. The van der Waals surface area contributed by atoms with Gasteiger partial charge in [-0.3, -0.25) is 14.9 Å². The lowest BCUT2D eigenvalue weighted by Gasteiger charge is -2.07. The van der Waals surface area contributed by atoms with Crippen molar-refractivity contribution in [2.75, 3.05) is 0 Å². The van der Waals surface area contributed by atoms with Gasteiger partial charge in [-0.15, -0.1) is 0 Å². The molecule has 0 aromatic heterocycles. The number of nitrogens with zero attached hydrogens (tertiary/aromatic N) is 1. The third-order valence-corrected chi connectivity index (χ3v) is 4.54. The Labute approximate surface area is 171 Å². The molecule has 30 heavy (non-hydrogen) atoms. The zero-order chi connectivity index (χ0) is 21.3. The summed E-state index contributed by atoms with van der Waals surface area (Å²) in [5, 5.41) is 11.0. The number of nitro groups is 1. The third-order valence-electron chi connectivity index (χ3n) is 4.54. The summed E-state index contributed by atoms with van der Waals surface area (Å²) in [5.74, 6) is -0.293. The standard InChI is InChI=1S/C23H15NO6/c1-14-10-18(29-23(26)16-7-3-2-4-8-16)13-19-21(14)22(25)20(30-19)12-15-6-5-9-17(11-15)24(27)28/h2-13H,1H3/b20-12-. The van der Waals surface area contributed by atoms with E-state index in [1.807, 2.05) is 0 Å². The van der Waals surface area contributed by atoms with Crippen molar-refractivity contribution < 1.29 is 24.0 Å². The zero-order valence-corrected chi connectivity index (χ0v) is 15.8. The van der Waals surface area contributed by atoms with E-state index in [0.29, 0.717) is 22.3 Å². The van der Waals surface area contributed by atoms with Crippen LogP contribution >= 0.6 is 0 Å². The molecule has 1 aliphatic rings. The van der Waals surface area contributed by atoms with Crippen molar-refractivity contribution in [3.05, 3.63) is 105 Å². The van der Waals surface area contributed by atoms with Crippen molar-refractivity contribution in [1.82, 2.24) is 0 Å². The molecule has 0 fully saturated rings. The predicted molar refractivity (Wildman–Crippen MR) is 109 cm³/mol. The molecule has 0 saturated heterocycles. The van der Waals surface area contributed by atoms with Crippen LogP contribution in [0.25, 0.3) is 6.08 Å². The molecule has 0 N–H and O–H groups in total. The molecular formula is C23H15NO6. The average Bonchev–Trinajstić information content (AvgIpc) is 3.04. The van der Waals surface area contributed by atoms with Gasteiger partial charge in [0.1, 0.15) is 11.5 Å². The van der Waals surface area contributed by atoms with Crippen molar-refractivity contribution in [3.8, 4) is 11.5 Å². The van der Waals surface area contributed by atoms with Crippen LogP contribution in [0.5, 0.6) is 11.5 Å². The largest absolute Gasteiger partial charge is 0.452 e. The molecule has 3 aromatic rings. The maximum atomic E-state index is 12.8. The highest BCUT2D eigenvalue weighted by molar-refractivity contribution is 6.15. The summed E-state index contributed by atoms with van der Waals surface area (Å²) in [6, 6.07) is 17.5. The molecule has 0 atom stereocenters. The van der Waals surface area contributed by atoms with E-state index in [-0.39, 0.29) is 28.7 Å². The quantitative estimate of drug-likeness (QED) is 0.206. The van der Waals surface area contributed by atoms with Crippen molar-refractivity contribution in [3.63, 3.8) is 0 Å². The second-order valence-corrected chi connectivity index (χ2v) is 6.66. The van der Waals surface area contributed by atoms with Crippen molar-refractivity contribution in [1.29, 1.82) is 0 Å². The van der Waals surface area contributed by atoms with Crippen molar-refractivity contribution >= 4 is 23.5 Å². The Bertz CT molecular complexity index is 1210. The van der Waals surface area contributed by atoms with E-state index in [9.17, 15) is 19.7 Å². The van der Waals surface area contributed by atoms with Gasteiger partial charge in [-0.2, -0.15) is 0 Å². The number of hydrogen-bond donors (Lipinski definition) is 0. The van der Waals surface area contributed by atoms with Crippen molar-refractivity contribution in [2.24, 2.45) is 0 Å². The molecule has 148 valence electrons. The van der Waals surface area contributed by atoms with Crippen LogP contribution in [-0.4, -0.2) is 16.7 Å². The van der Waals surface area contributed by atoms with Crippen LogP contribution in [0, 0.1) is 17.0 Å². The zero-order valence-electron chi connectivity index (χ0n) is 15.8. The number of rotatable bonds is 4. The summed E-state index contributed by atoms with van der Waals surface area (Å²) in [6.07, 6.45) is 1.45. The van der Waals surface area contributed by atoms with E-state index in [0.717, 1.165) is 0 Å². The van der Waals surface area contributed by atoms with Gasteiger partial charge in [0, 0.05) is 18.2 Å². The van der Waals surface area contributed by atoms with E-state index < -0.39 is 10.9 Å². The first-order valence-corrected chi connectivity index (χ1v) is 9.03. The normalized spacial score (nSPS) is 13.6. The van der Waals surface area contributed by atoms with Gasteiger partial charge in [0.15, 0.2) is 5.76 Å². The van der Waals surface area contributed by atoms with E-state index in [4.69, 9.17) is 9.47 Å². The number of carbonyl (C=O) groups excluding carboxylic acids is 2. The lowest BCUT2D eigenvalue weighted by molar-refractivity contribution is -0.384. The number of allylic oxidation sites excluding steroid dienone is 1. The number of nitro benzene ring substituents is 1. The summed E-state index contributed by atoms with van der Waals surface area (Å²) in [5.41, 5.74) is 1.74. The summed E-state index contributed by atoms with van der Waals surface area (Å²) in [6.45, 7) is 1.72. The second-order valence-electron chi connectivity index (χ2n) is 6.66. The van der Waals surface area contributed by atoms with Crippen LogP contribution in [-0.2, 0) is 0 Å². The molecule has 0 aliphatic carbocycles. The van der Waals surface area contributed by atoms with Gasteiger partial charge in [0.25, 0.3) is 5.69 Å². The maximum Gasteiger partial charge on any atom is 0.343 e. The molecule has 0 saturated carbocycles. The number of carbonyl (C=O) groups is 2. The molecule has 3 aromatic carbocycles. The number of benzene rings is 3. The van der Waals surface area contributed by atoms with Gasteiger partial charge in [0.2, 0.25) is 5.78 Å². The van der Waals surface area contributed by atoms with Gasteiger partial charge in [-0.1, -0.05) is 30.3 Å². The highest BCUT2D eigenvalue weighted by atomic mass is 16.6. The van der Waals surface area contributed by atoms with E-state index in [2.05, 4.69) is 0 Å². The Balaban J connectivity index is 1.62. The highest BCUT2D eigenvalue weighted by Gasteiger charge is 2.30. The first-order chi connectivity index (χ1) is 14.4. The molecule has 0 radical (unpaired) electrons. The number of esters is 1. The maximum absolute atomic E-state index is 12.8. The minimum atomic E-state index is -0.522. The number of non-ortho nitro benzene ring substituents is 1. The summed E-state index contributed by atoms with van der Waals surface area (Å²) >= 11 is 0. The van der Waals surface area contributed by atoms with Crippen LogP contribution in [0.2, 0.25) is 0 Å². The number of aryl methyl sites for hydroxylation is 1. The van der Waals surface area contributed by atoms with Crippen LogP contribution in [0.3, 0.4) is 0 Å². The molecule has 7 nitrogen and oxygen atoms in total. The summed E-state index contributed by atoms with van der Waals surface area (Å²) in [4.78, 5) is 35.5. The molecule has 7 heteroatoms. The topological polar surface area (TPSA) is 95.7 Å². The second kappa shape index (κ2) is 7.63. The summed E-state index contributed by atoms with van der Waals surface area (Å²) < 4.78 is 11.1. The first kappa shape index (κ1) is 19.1. The SMILES string of the molecule is Cc1cc(OC(=O)c2ccccc2)cc2c1C(=O)/C(=C/c1cccc([N+](=O)[O-])c1)O2. The Morgan fingerprint density at radius 1 is 1.07 bits per heavy atom. The highest BCUT2D eigenvalue weighted by Crippen LogP contribution is 2.37. The average molecular weight is 401 g/mol. The van der Waals surface area contributed by atoms with Gasteiger partial charge >= 0.3 is 5.97 Å². The van der Waals surface area contributed by atoms with E-state index in [1.165, 1.54) is 30.3 Å². The lowest BCUT2D eigenvalue weighted by atomic mass is 10.0. The Morgan fingerprint density at radius 2 is 1.83 bits per heavy atom. The van der Waals surface area contributed by atoms with Gasteiger partial charge in [-0.25, -0.2) is 4.79 Å². The molecule has 1 heterocycles. The molecule has 0 spiro atoms. The van der Waals surface area contributed by atoms with E-state index in [1.54, 1.807) is 49.4 Å². The number of hydrogen-bond acceptors (Lipinski definition) is 6. The molecule has 0 unspecified atom stereocenters. The van der Waals surface area contributed by atoms with Crippen LogP contribution in [0.4, 0.5) is 5.69 Å². The fourth-order valence-electron chi connectivity index (χ4n) is 3.16. The molecule has 0 amide bonds. The molecule has 1 aliphatic heterocycles. The third kappa shape index (κ3) is 3.68. The van der Waals surface area contributed by atoms with Gasteiger partial charge in [0.05, 0.1) is 16.1 Å². The minimum Gasteiger partial charge on any atom is -0.452 e. The van der Waals surface area contributed by atoms with Crippen LogP contribution < -0.4 is 9.47 Å².